The zero-order chi connectivity index (χ0) is 11.6. The third kappa shape index (κ3) is 2.62. The minimum atomic E-state index is -4.65. The average Bonchev–Trinajstić information content (AvgIpc) is 2.15. The number of hydrogen-bond acceptors (Lipinski definition) is 2. The van der Waals surface area contributed by atoms with Crippen molar-refractivity contribution in [3.8, 4) is 0 Å². The highest BCUT2D eigenvalue weighted by atomic mass is 19.4. The van der Waals surface area contributed by atoms with Gasteiger partial charge in [0.25, 0.3) is 6.43 Å². The van der Waals surface area contributed by atoms with Gasteiger partial charge in [0, 0.05) is 18.3 Å². The first-order valence-corrected chi connectivity index (χ1v) is 3.90. The molecule has 0 aromatic carbocycles. The Morgan fingerprint density at radius 1 is 1.33 bits per heavy atom. The summed E-state index contributed by atoms with van der Waals surface area (Å²) >= 11 is 0. The highest BCUT2D eigenvalue weighted by Crippen LogP contribution is 2.30. The Morgan fingerprint density at radius 3 is 2.33 bits per heavy atom. The van der Waals surface area contributed by atoms with E-state index in [1.54, 1.807) is 0 Å². The van der Waals surface area contributed by atoms with E-state index in [-0.39, 0.29) is 12.1 Å². The van der Waals surface area contributed by atoms with Gasteiger partial charge in [-0.25, -0.2) is 8.78 Å². The van der Waals surface area contributed by atoms with Crippen molar-refractivity contribution in [1.82, 2.24) is 4.98 Å². The molecule has 1 rings (SSSR count). The van der Waals surface area contributed by atoms with E-state index in [1.807, 2.05) is 0 Å². The van der Waals surface area contributed by atoms with Gasteiger partial charge in [0.2, 0.25) is 0 Å². The van der Waals surface area contributed by atoms with Gasteiger partial charge in [-0.05, 0) is 11.6 Å². The Hall–Kier alpha value is -1.24. The van der Waals surface area contributed by atoms with Gasteiger partial charge in [-0.3, -0.25) is 4.98 Å². The maximum absolute atomic E-state index is 12.3. The van der Waals surface area contributed by atoms with Crippen LogP contribution < -0.4 is 5.73 Å². The molecule has 2 nitrogen and oxygen atoms in total. The fourth-order valence-electron chi connectivity index (χ4n) is 1.04. The predicted molar refractivity (Wildman–Crippen MR) is 42.1 cm³/mol. The minimum Gasteiger partial charge on any atom is -0.326 e. The Labute approximate surface area is 81.9 Å². The molecule has 0 unspecified atom stereocenters. The number of pyridine rings is 1. The van der Waals surface area contributed by atoms with Gasteiger partial charge in [-0.2, -0.15) is 13.2 Å². The lowest BCUT2D eigenvalue weighted by Gasteiger charge is -2.10. The van der Waals surface area contributed by atoms with Gasteiger partial charge in [0.05, 0.1) is 0 Å². The van der Waals surface area contributed by atoms with Crippen LogP contribution >= 0.6 is 0 Å². The van der Waals surface area contributed by atoms with Crippen LogP contribution in [0.4, 0.5) is 22.0 Å². The molecule has 84 valence electrons. The Kier molecular flexibility index (Phi) is 3.23. The lowest BCUT2D eigenvalue weighted by atomic mass is 10.1. The first-order valence-electron chi connectivity index (χ1n) is 3.90. The highest BCUT2D eigenvalue weighted by molar-refractivity contribution is 5.28. The van der Waals surface area contributed by atoms with Crippen molar-refractivity contribution in [3.05, 3.63) is 29.1 Å². The van der Waals surface area contributed by atoms with Gasteiger partial charge in [0.15, 0.2) is 0 Å². The molecule has 0 spiro atoms. The lowest BCUT2D eigenvalue weighted by molar-refractivity contribution is -0.141. The summed E-state index contributed by atoms with van der Waals surface area (Å²) in [6.45, 7) is -0.384. The number of halogens is 5. The summed E-state index contributed by atoms with van der Waals surface area (Å²) in [6, 6.07) is 0.543. The molecule has 0 atom stereocenters. The molecule has 0 bridgehead atoms. The van der Waals surface area contributed by atoms with Crippen molar-refractivity contribution in [2.75, 3.05) is 0 Å². The summed E-state index contributed by atoms with van der Waals surface area (Å²) in [5, 5.41) is 0. The van der Waals surface area contributed by atoms with Crippen molar-refractivity contribution < 1.29 is 22.0 Å². The number of alkyl halides is 5. The van der Waals surface area contributed by atoms with E-state index in [2.05, 4.69) is 4.98 Å². The fourth-order valence-corrected chi connectivity index (χ4v) is 1.04. The third-order valence-corrected chi connectivity index (χ3v) is 1.77. The summed E-state index contributed by atoms with van der Waals surface area (Å²) in [5.74, 6) is 0. The molecule has 0 aliphatic carbocycles. The van der Waals surface area contributed by atoms with Crippen LogP contribution in [0.3, 0.4) is 0 Å². The molecule has 0 amide bonds. The van der Waals surface area contributed by atoms with Crippen molar-refractivity contribution in [3.63, 3.8) is 0 Å². The van der Waals surface area contributed by atoms with E-state index in [4.69, 9.17) is 5.73 Å². The molecule has 0 saturated heterocycles. The molecular formula is C8H7F5N2. The van der Waals surface area contributed by atoms with Crippen LogP contribution in [-0.2, 0) is 12.7 Å². The number of nitrogens with two attached hydrogens (primary N) is 1. The van der Waals surface area contributed by atoms with Crippen LogP contribution in [0, 0.1) is 0 Å². The van der Waals surface area contributed by atoms with Crippen LogP contribution in [-0.4, -0.2) is 4.98 Å². The highest BCUT2D eigenvalue weighted by Gasteiger charge is 2.33. The maximum Gasteiger partial charge on any atom is 0.433 e. The van der Waals surface area contributed by atoms with E-state index < -0.39 is 23.9 Å². The topological polar surface area (TPSA) is 38.9 Å². The van der Waals surface area contributed by atoms with Gasteiger partial charge < -0.3 is 5.73 Å². The van der Waals surface area contributed by atoms with E-state index in [0.717, 1.165) is 0 Å². The largest absolute Gasteiger partial charge is 0.433 e. The molecular weight excluding hydrogens is 219 g/mol. The number of nitrogens with zero attached hydrogens (tertiary/aromatic N) is 1. The van der Waals surface area contributed by atoms with E-state index in [0.29, 0.717) is 12.3 Å². The van der Waals surface area contributed by atoms with E-state index in [9.17, 15) is 22.0 Å². The second-order valence-electron chi connectivity index (χ2n) is 2.77. The molecule has 15 heavy (non-hydrogen) atoms. The number of aromatic nitrogens is 1. The first-order chi connectivity index (χ1) is 6.86. The Bertz CT molecular complexity index is 347. The zero-order valence-corrected chi connectivity index (χ0v) is 7.35. The second-order valence-corrected chi connectivity index (χ2v) is 2.77. The molecule has 0 saturated carbocycles. The minimum absolute atomic E-state index is 0.243. The fraction of sp³-hybridized carbons (Fsp3) is 0.375. The van der Waals surface area contributed by atoms with Crippen LogP contribution in [0.5, 0.6) is 0 Å². The van der Waals surface area contributed by atoms with Crippen LogP contribution in [0.2, 0.25) is 0 Å². The SMILES string of the molecule is NCc1cc(C(F)(F)F)ncc1C(F)F. The number of rotatable bonds is 2. The van der Waals surface area contributed by atoms with Crippen molar-refractivity contribution in [2.45, 2.75) is 19.1 Å². The molecule has 0 aliphatic heterocycles. The molecule has 1 aromatic heterocycles. The van der Waals surface area contributed by atoms with Crippen LogP contribution in [0.1, 0.15) is 23.2 Å². The van der Waals surface area contributed by atoms with E-state index in [1.165, 1.54) is 0 Å². The molecule has 0 fully saturated rings. The van der Waals surface area contributed by atoms with Gasteiger partial charge in [-0.1, -0.05) is 0 Å². The molecule has 1 heterocycles. The Balaban J connectivity index is 3.19. The van der Waals surface area contributed by atoms with Crippen molar-refractivity contribution in [2.24, 2.45) is 5.73 Å². The maximum atomic E-state index is 12.3. The monoisotopic (exact) mass is 226 g/mol. The second kappa shape index (κ2) is 4.09. The first kappa shape index (κ1) is 11.8. The van der Waals surface area contributed by atoms with Gasteiger partial charge >= 0.3 is 6.18 Å². The average molecular weight is 226 g/mol. The molecule has 0 aliphatic rings. The summed E-state index contributed by atoms with van der Waals surface area (Å²) in [4.78, 5) is 2.92. The lowest BCUT2D eigenvalue weighted by Crippen LogP contribution is -2.11. The zero-order valence-electron chi connectivity index (χ0n) is 7.35. The van der Waals surface area contributed by atoms with Crippen molar-refractivity contribution >= 4 is 0 Å². The normalized spacial score (nSPS) is 12.2. The number of hydrogen-bond donors (Lipinski definition) is 1. The molecule has 1 aromatic rings. The standard InChI is InChI=1S/C8H7F5N2/c9-7(10)5-3-15-6(8(11,12)13)1-4(5)2-14/h1,3,7H,2,14H2. The van der Waals surface area contributed by atoms with Gasteiger partial charge in [-0.15, -0.1) is 0 Å². The summed E-state index contributed by atoms with van der Waals surface area (Å²) in [6.07, 6.45) is -7.02. The van der Waals surface area contributed by atoms with Gasteiger partial charge in [0.1, 0.15) is 5.69 Å². The van der Waals surface area contributed by atoms with Crippen molar-refractivity contribution in [1.29, 1.82) is 0 Å². The Morgan fingerprint density at radius 2 is 1.93 bits per heavy atom. The quantitative estimate of drug-likeness (QED) is 0.787. The van der Waals surface area contributed by atoms with Crippen LogP contribution in [0.25, 0.3) is 0 Å². The third-order valence-electron chi connectivity index (χ3n) is 1.77. The predicted octanol–water partition coefficient (Wildman–Crippen LogP) is 2.50. The molecule has 0 radical (unpaired) electrons. The molecule has 7 heteroatoms. The van der Waals surface area contributed by atoms with Crippen LogP contribution in [0.15, 0.2) is 12.3 Å². The van der Waals surface area contributed by atoms with E-state index >= 15 is 0 Å². The summed E-state index contributed by atoms with van der Waals surface area (Å²) in [7, 11) is 0. The summed E-state index contributed by atoms with van der Waals surface area (Å²) in [5.41, 5.74) is 3.05. The molecule has 2 N–H and O–H groups in total. The smallest absolute Gasteiger partial charge is 0.326 e. The summed E-state index contributed by atoms with van der Waals surface area (Å²) < 4.78 is 61.0.